The zero-order valence-corrected chi connectivity index (χ0v) is 23.0. The molecule has 6 N–H and O–H groups in total. The molecule has 0 radical (unpaired) electrons. The van der Waals surface area contributed by atoms with Crippen molar-refractivity contribution in [2.24, 2.45) is 5.92 Å². The van der Waals surface area contributed by atoms with Gasteiger partial charge in [0.05, 0.1) is 32.5 Å². The predicted octanol–water partition coefficient (Wildman–Crippen LogP) is 2.68. The Kier molecular flexibility index (Phi) is 11.9. The van der Waals surface area contributed by atoms with E-state index in [1.54, 1.807) is 24.3 Å². The minimum absolute atomic E-state index is 0.0707. The van der Waals surface area contributed by atoms with Gasteiger partial charge in [-0.15, -0.1) is 0 Å². The number of aromatic hydroxyl groups is 2. The zero-order valence-electron chi connectivity index (χ0n) is 23.0. The number of aliphatic hydroxyl groups is 3. The first-order chi connectivity index (χ1) is 18.8. The van der Waals surface area contributed by atoms with E-state index in [0.29, 0.717) is 50.0 Å². The molecule has 10 heteroatoms. The number of aryl methyl sites for hydroxylation is 1. The van der Waals surface area contributed by atoms with Gasteiger partial charge in [-0.1, -0.05) is 13.0 Å². The summed E-state index contributed by atoms with van der Waals surface area (Å²) in [7, 11) is 2.95. The van der Waals surface area contributed by atoms with Crippen LogP contribution in [0, 0.1) is 5.92 Å². The lowest BCUT2D eigenvalue weighted by molar-refractivity contribution is -0.144. The first-order valence-electron chi connectivity index (χ1n) is 13.5. The van der Waals surface area contributed by atoms with Gasteiger partial charge in [0.15, 0.2) is 23.0 Å². The molecule has 0 saturated carbocycles. The number of nitrogens with one attached hydrogen (secondary N) is 1. The number of ether oxygens (including phenoxy) is 4. The van der Waals surface area contributed by atoms with Crippen molar-refractivity contribution in [2.45, 2.75) is 63.4 Å². The summed E-state index contributed by atoms with van der Waals surface area (Å²) in [5.74, 6) is 0.331. The van der Waals surface area contributed by atoms with Gasteiger partial charge in [-0.3, -0.25) is 0 Å². The maximum Gasteiger partial charge on any atom is 0.200 e. The molecular weight excluding hydrogens is 506 g/mol. The molecule has 39 heavy (non-hydrogen) atoms. The average molecular weight is 550 g/mol. The van der Waals surface area contributed by atoms with Gasteiger partial charge in [0.1, 0.15) is 6.10 Å². The fourth-order valence-corrected chi connectivity index (χ4v) is 5.06. The topological polar surface area (TPSA) is 150 Å². The van der Waals surface area contributed by atoms with E-state index in [1.165, 1.54) is 14.2 Å². The van der Waals surface area contributed by atoms with Gasteiger partial charge in [0.2, 0.25) is 5.75 Å². The van der Waals surface area contributed by atoms with Crippen molar-refractivity contribution in [3.05, 3.63) is 41.5 Å². The molecule has 3 rings (SSSR count). The Hall–Kier alpha value is -2.76. The van der Waals surface area contributed by atoms with Crippen molar-refractivity contribution in [2.75, 3.05) is 40.5 Å². The van der Waals surface area contributed by atoms with E-state index in [1.807, 2.05) is 13.0 Å². The third-order valence-electron chi connectivity index (χ3n) is 7.17. The highest BCUT2D eigenvalue weighted by Crippen LogP contribution is 2.45. The molecule has 5 atom stereocenters. The fraction of sp³-hybridized carbons (Fsp3) is 0.586. The van der Waals surface area contributed by atoms with Gasteiger partial charge < -0.3 is 49.8 Å². The Balaban J connectivity index is 1.87. The molecule has 218 valence electrons. The highest BCUT2D eigenvalue weighted by molar-refractivity contribution is 5.53. The van der Waals surface area contributed by atoms with E-state index in [0.717, 1.165) is 12.1 Å². The standard InChI is InChI=1S/C29H43NO9/c1-4-30-17-21(9-11-31)38-27-15-19(14-26(37-3)28(27)35)29-22(10-12-32)24(34)16-20(39-29)7-5-18-6-8-23(33)25(13-18)36-2/h6,8,13-15,20-22,24,29-35H,4-5,7,9-12,16-17H2,1-3H3. The number of benzene rings is 2. The van der Waals surface area contributed by atoms with E-state index in [2.05, 4.69) is 5.32 Å². The second-order valence-corrected chi connectivity index (χ2v) is 9.83. The summed E-state index contributed by atoms with van der Waals surface area (Å²) in [5.41, 5.74) is 1.62. The summed E-state index contributed by atoms with van der Waals surface area (Å²) in [4.78, 5) is 0. The number of hydrogen-bond donors (Lipinski definition) is 6. The lowest BCUT2D eigenvalue weighted by atomic mass is 9.82. The monoisotopic (exact) mass is 549 g/mol. The van der Waals surface area contributed by atoms with E-state index < -0.39 is 12.2 Å². The van der Waals surface area contributed by atoms with Gasteiger partial charge in [0.25, 0.3) is 0 Å². The third kappa shape index (κ3) is 8.12. The second kappa shape index (κ2) is 15.1. The Morgan fingerprint density at radius 3 is 2.41 bits per heavy atom. The Morgan fingerprint density at radius 2 is 1.74 bits per heavy atom. The van der Waals surface area contributed by atoms with Crippen molar-refractivity contribution >= 4 is 0 Å². The molecule has 0 aromatic heterocycles. The summed E-state index contributed by atoms with van der Waals surface area (Å²) < 4.78 is 23.3. The summed E-state index contributed by atoms with van der Waals surface area (Å²) in [6.45, 7) is 3.01. The number of methoxy groups -OCH3 is 2. The smallest absolute Gasteiger partial charge is 0.200 e. The SMILES string of the molecule is CCNCC(CCO)Oc1cc(C2OC(CCc3ccc(O)c(OC)c3)CC(O)C2CCO)cc(OC)c1O. The van der Waals surface area contributed by atoms with Crippen LogP contribution in [0.4, 0.5) is 0 Å². The van der Waals surface area contributed by atoms with Crippen LogP contribution in [-0.2, 0) is 11.2 Å². The highest BCUT2D eigenvalue weighted by atomic mass is 16.5. The van der Waals surface area contributed by atoms with Crippen molar-refractivity contribution in [1.82, 2.24) is 5.32 Å². The fourth-order valence-electron chi connectivity index (χ4n) is 5.06. The molecule has 1 aliphatic heterocycles. The molecule has 0 spiro atoms. The molecule has 0 aliphatic carbocycles. The molecule has 1 heterocycles. The van der Waals surface area contributed by atoms with E-state index in [4.69, 9.17) is 18.9 Å². The maximum atomic E-state index is 11.1. The van der Waals surface area contributed by atoms with Gasteiger partial charge in [-0.2, -0.15) is 0 Å². The first-order valence-corrected chi connectivity index (χ1v) is 13.5. The quantitative estimate of drug-likeness (QED) is 0.196. The van der Waals surface area contributed by atoms with Crippen molar-refractivity contribution in [1.29, 1.82) is 0 Å². The number of phenolic OH excluding ortho intramolecular Hbond substituents is 2. The van der Waals surface area contributed by atoms with Crippen LogP contribution in [0.1, 0.15) is 49.8 Å². The normalized spacial score (nSPS) is 21.9. The molecule has 1 saturated heterocycles. The molecule has 2 aromatic carbocycles. The van der Waals surface area contributed by atoms with Crippen LogP contribution in [0.2, 0.25) is 0 Å². The highest BCUT2D eigenvalue weighted by Gasteiger charge is 2.39. The molecule has 1 fully saturated rings. The number of phenols is 2. The molecule has 5 unspecified atom stereocenters. The average Bonchev–Trinajstić information content (AvgIpc) is 2.93. The second-order valence-electron chi connectivity index (χ2n) is 9.83. The van der Waals surface area contributed by atoms with Crippen molar-refractivity contribution in [3.63, 3.8) is 0 Å². The van der Waals surface area contributed by atoms with E-state index in [9.17, 15) is 25.5 Å². The van der Waals surface area contributed by atoms with Crippen LogP contribution >= 0.6 is 0 Å². The van der Waals surface area contributed by atoms with E-state index >= 15 is 0 Å². The predicted molar refractivity (Wildman–Crippen MR) is 146 cm³/mol. The molecule has 2 aromatic rings. The minimum atomic E-state index is -0.713. The largest absolute Gasteiger partial charge is 0.504 e. The molecule has 1 aliphatic rings. The van der Waals surface area contributed by atoms with Crippen LogP contribution in [0.25, 0.3) is 0 Å². The first kappa shape index (κ1) is 30.8. The van der Waals surface area contributed by atoms with Gasteiger partial charge >= 0.3 is 0 Å². The third-order valence-corrected chi connectivity index (χ3v) is 7.17. The van der Waals surface area contributed by atoms with Gasteiger partial charge in [0, 0.05) is 32.1 Å². The summed E-state index contributed by atoms with van der Waals surface area (Å²) in [6, 6.07) is 8.56. The minimum Gasteiger partial charge on any atom is -0.504 e. The molecule has 0 amide bonds. The number of hydrogen-bond acceptors (Lipinski definition) is 10. The van der Waals surface area contributed by atoms with Gasteiger partial charge in [-0.05, 0) is 67.6 Å². The van der Waals surface area contributed by atoms with Crippen LogP contribution in [0.3, 0.4) is 0 Å². The van der Waals surface area contributed by atoms with Crippen LogP contribution in [-0.4, -0.2) is 84.4 Å². The Labute approximate surface area is 230 Å². The zero-order chi connectivity index (χ0) is 28.4. The molecular formula is C29H43NO9. The van der Waals surface area contributed by atoms with Crippen molar-refractivity contribution < 1.29 is 44.5 Å². The summed E-state index contributed by atoms with van der Waals surface area (Å²) in [6.07, 6.45) is 0.421. The number of rotatable bonds is 15. The van der Waals surface area contributed by atoms with Crippen LogP contribution < -0.4 is 19.5 Å². The number of aliphatic hydroxyl groups excluding tert-OH is 3. The number of likely N-dealkylation sites (N-methyl/N-ethyl adjacent to an activating group) is 1. The lowest BCUT2D eigenvalue weighted by Gasteiger charge is -2.40. The molecule has 0 bridgehead atoms. The van der Waals surface area contributed by atoms with E-state index in [-0.39, 0.29) is 54.3 Å². The molecule has 10 nitrogen and oxygen atoms in total. The van der Waals surface area contributed by atoms with Crippen molar-refractivity contribution in [3.8, 4) is 28.7 Å². The maximum absolute atomic E-state index is 11.1. The van der Waals surface area contributed by atoms with Gasteiger partial charge in [-0.25, -0.2) is 0 Å². The summed E-state index contributed by atoms with van der Waals surface area (Å²) >= 11 is 0. The Bertz CT molecular complexity index is 1030. The lowest BCUT2D eigenvalue weighted by Crippen LogP contribution is -2.40. The van der Waals surface area contributed by atoms with Crippen LogP contribution in [0.5, 0.6) is 28.7 Å². The Morgan fingerprint density at radius 1 is 1.00 bits per heavy atom. The van der Waals surface area contributed by atoms with Crippen LogP contribution in [0.15, 0.2) is 30.3 Å². The summed E-state index contributed by atoms with van der Waals surface area (Å²) in [5, 5.41) is 54.2.